The van der Waals surface area contributed by atoms with Gasteiger partial charge in [0.05, 0.1) is 24.8 Å². The number of halogens is 1. The van der Waals surface area contributed by atoms with Crippen molar-refractivity contribution in [3.63, 3.8) is 0 Å². The minimum atomic E-state index is -0.727. The second-order valence-corrected chi connectivity index (χ2v) is 8.92. The van der Waals surface area contributed by atoms with E-state index in [0.717, 1.165) is 19.6 Å². The molecular weight excluding hydrogens is 468 g/mol. The number of rotatable bonds is 9. The molecule has 184 valence electrons. The first-order chi connectivity index (χ1) is 17.0. The number of Topliss-reactive ketones (excluding diaryl/α,β-unsaturated/α-hetero) is 1. The Morgan fingerprint density at radius 2 is 1.89 bits per heavy atom. The molecule has 8 heteroatoms. The van der Waals surface area contributed by atoms with Gasteiger partial charge < -0.3 is 19.5 Å². The van der Waals surface area contributed by atoms with E-state index in [1.54, 1.807) is 53.4 Å². The summed E-state index contributed by atoms with van der Waals surface area (Å²) < 4.78 is 10.9. The van der Waals surface area contributed by atoms with Crippen molar-refractivity contribution in [1.82, 2.24) is 9.80 Å². The number of ether oxygens (including phenoxy) is 2. The Morgan fingerprint density at radius 1 is 1.14 bits per heavy atom. The fourth-order valence-corrected chi connectivity index (χ4v) is 4.64. The predicted molar refractivity (Wildman–Crippen MR) is 134 cm³/mol. The van der Waals surface area contributed by atoms with E-state index in [9.17, 15) is 14.7 Å². The van der Waals surface area contributed by atoms with Gasteiger partial charge in [0.1, 0.15) is 18.1 Å². The number of amides is 1. The summed E-state index contributed by atoms with van der Waals surface area (Å²) in [6.07, 6.45) is 2.33. The molecule has 2 fully saturated rings. The van der Waals surface area contributed by atoms with Crippen LogP contribution >= 0.6 is 11.6 Å². The minimum absolute atomic E-state index is 0.0587. The highest BCUT2D eigenvalue weighted by Crippen LogP contribution is 2.40. The predicted octanol–water partition coefficient (Wildman–Crippen LogP) is 4.05. The maximum Gasteiger partial charge on any atom is 0.295 e. The highest BCUT2D eigenvalue weighted by atomic mass is 35.5. The molecular formula is C27H29ClN2O5. The van der Waals surface area contributed by atoms with Crippen molar-refractivity contribution in [2.24, 2.45) is 0 Å². The molecule has 0 bridgehead atoms. The van der Waals surface area contributed by atoms with E-state index in [1.807, 2.05) is 6.07 Å². The standard InChI is InChI=1S/C27H29ClN2O5/c1-2-15-35-22-9-7-19(8-10-22)25(31)23-24(20-5-3-6-21(28)18-20)30(27(33)26(23)32)12-4-11-29-13-16-34-17-14-29/h2-3,5-10,18,24,31H,1,4,11-17H2/t24-/m1/s1. The molecule has 0 saturated carbocycles. The zero-order chi connectivity index (χ0) is 24.8. The number of hydrogen-bond donors (Lipinski definition) is 1. The number of benzene rings is 2. The molecule has 0 unspecified atom stereocenters. The highest BCUT2D eigenvalue weighted by Gasteiger charge is 2.45. The number of likely N-dealkylation sites (tertiary alicyclic amines) is 1. The molecule has 7 nitrogen and oxygen atoms in total. The Kier molecular flexibility index (Phi) is 8.23. The molecule has 0 spiro atoms. The molecule has 4 rings (SSSR count). The highest BCUT2D eigenvalue weighted by molar-refractivity contribution is 6.46. The van der Waals surface area contributed by atoms with Crippen LogP contribution < -0.4 is 4.74 Å². The molecule has 2 aromatic carbocycles. The Hall–Kier alpha value is -3.13. The van der Waals surface area contributed by atoms with E-state index in [2.05, 4.69) is 11.5 Å². The number of morpholine rings is 1. The molecule has 2 saturated heterocycles. The van der Waals surface area contributed by atoms with Gasteiger partial charge in [-0.15, -0.1) is 0 Å². The lowest BCUT2D eigenvalue weighted by Crippen LogP contribution is -2.38. The number of carbonyl (C=O) groups excluding carboxylic acids is 2. The third-order valence-corrected chi connectivity index (χ3v) is 6.41. The molecule has 2 aliphatic rings. The topological polar surface area (TPSA) is 79.3 Å². The van der Waals surface area contributed by atoms with Crippen LogP contribution in [0.1, 0.15) is 23.6 Å². The summed E-state index contributed by atoms with van der Waals surface area (Å²) >= 11 is 6.25. The summed E-state index contributed by atoms with van der Waals surface area (Å²) in [5.41, 5.74) is 1.16. The van der Waals surface area contributed by atoms with E-state index in [1.165, 1.54) is 0 Å². The summed E-state index contributed by atoms with van der Waals surface area (Å²) in [6.45, 7) is 8.25. The van der Waals surface area contributed by atoms with Crippen LogP contribution in [-0.4, -0.2) is 72.6 Å². The number of hydrogen-bond acceptors (Lipinski definition) is 6. The average Bonchev–Trinajstić information content (AvgIpc) is 3.13. The van der Waals surface area contributed by atoms with E-state index < -0.39 is 17.7 Å². The van der Waals surface area contributed by atoms with Crippen molar-refractivity contribution in [1.29, 1.82) is 0 Å². The summed E-state index contributed by atoms with van der Waals surface area (Å²) in [7, 11) is 0. The molecule has 2 aromatic rings. The quantitative estimate of drug-likeness (QED) is 0.244. The molecule has 0 aromatic heterocycles. The average molecular weight is 497 g/mol. The van der Waals surface area contributed by atoms with Gasteiger partial charge in [0.15, 0.2) is 0 Å². The Balaban J connectivity index is 1.64. The summed E-state index contributed by atoms with van der Waals surface area (Å²) in [5.74, 6) is -0.939. The van der Waals surface area contributed by atoms with Gasteiger partial charge in [-0.1, -0.05) is 36.4 Å². The van der Waals surface area contributed by atoms with Crippen molar-refractivity contribution in [2.45, 2.75) is 12.5 Å². The first kappa shape index (κ1) is 25.0. The van der Waals surface area contributed by atoms with Crippen LogP contribution in [0.4, 0.5) is 0 Å². The third-order valence-electron chi connectivity index (χ3n) is 6.18. The van der Waals surface area contributed by atoms with Crippen LogP contribution in [0.5, 0.6) is 5.75 Å². The Bertz CT molecular complexity index is 1110. The molecule has 2 heterocycles. The lowest BCUT2D eigenvalue weighted by molar-refractivity contribution is -0.140. The normalized spacial score (nSPS) is 20.3. The molecule has 0 radical (unpaired) electrons. The van der Waals surface area contributed by atoms with Gasteiger partial charge in [0.25, 0.3) is 11.7 Å². The monoisotopic (exact) mass is 496 g/mol. The Labute approximate surface area is 210 Å². The largest absolute Gasteiger partial charge is 0.507 e. The van der Waals surface area contributed by atoms with Crippen LogP contribution in [0.25, 0.3) is 5.76 Å². The smallest absolute Gasteiger partial charge is 0.295 e. The first-order valence-corrected chi connectivity index (χ1v) is 12.1. The van der Waals surface area contributed by atoms with Gasteiger partial charge in [-0.3, -0.25) is 14.5 Å². The van der Waals surface area contributed by atoms with Gasteiger partial charge in [-0.05, 0) is 48.4 Å². The van der Waals surface area contributed by atoms with E-state index in [0.29, 0.717) is 54.7 Å². The number of aliphatic hydroxyl groups excluding tert-OH is 1. The van der Waals surface area contributed by atoms with E-state index in [4.69, 9.17) is 21.1 Å². The van der Waals surface area contributed by atoms with Crippen molar-refractivity contribution in [3.05, 3.63) is 82.9 Å². The molecule has 2 aliphatic heterocycles. The number of carbonyl (C=O) groups is 2. The second kappa shape index (κ2) is 11.5. The maximum absolute atomic E-state index is 13.2. The van der Waals surface area contributed by atoms with Crippen molar-refractivity contribution in [3.8, 4) is 5.75 Å². The molecule has 1 amide bonds. The van der Waals surface area contributed by atoms with Crippen LogP contribution in [0.3, 0.4) is 0 Å². The Morgan fingerprint density at radius 3 is 2.57 bits per heavy atom. The number of ketones is 1. The van der Waals surface area contributed by atoms with E-state index >= 15 is 0 Å². The zero-order valence-electron chi connectivity index (χ0n) is 19.5. The molecule has 1 atom stereocenters. The fraction of sp³-hybridized carbons (Fsp3) is 0.333. The lowest BCUT2D eigenvalue weighted by atomic mass is 9.95. The van der Waals surface area contributed by atoms with Gasteiger partial charge in [-0.25, -0.2) is 0 Å². The van der Waals surface area contributed by atoms with Crippen LogP contribution in [0.15, 0.2) is 66.8 Å². The first-order valence-electron chi connectivity index (χ1n) is 11.7. The SMILES string of the molecule is C=CCOc1ccc(C(O)=C2C(=O)C(=O)N(CCCN3CCOCC3)[C@@H]2c2cccc(Cl)c2)cc1. The third kappa shape index (κ3) is 5.75. The molecule has 35 heavy (non-hydrogen) atoms. The van der Waals surface area contributed by atoms with Crippen molar-refractivity contribution in [2.75, 3.05) is 46.0 Å². The fourth-order valence-electron chi connectivity index (χ4n) is 4.44. The number of nitrogens with zero attached hydrogens (tertiary/aromatic N) is 2. The summed E-state index contributed by atoms with van der Waals surface area (Å²) in [6, 6.07) is 13.0. The van der Waals surface area contributed by atoms with Crippen LogP contribution in [0, 0.1) is 0 Å². The second-order valence-electron chi connectivity index (χ2n) is 8.48. The van der Waals surface area contributed by atoms with Crippen LogP contribution in [-0.2, 0) is 14.3 Å². The molecule has 1 N–H and O–H groups in total. The number of aliphatic hydroxyl groups is 1. The summed E-state index contributed by atoms with van der Waals surface area (Å²) in [4.78, 5) is 30.1. The van der Waals surface area contributed by atoms with Crippen molar-refractivity contribution < 1.29 is 24.2 Å². The zero-order valence-corrected chi connectivity index (χ0v) is 20.2. The minimum Gasteiger partial charge on any atom is -0.507 e. The van der Waals surface area contributed by atoms with E-state index in [-0.39, 0.29) is 11.3 Å². The lowest BCUT2D eigenvalue weighted by Gasteiger charge is -2.29. The van der Waals surface area contributed by atoms with Crippen LogP contribution in [0.2, 0.25) is 5.02 Å². The van der Waals surface area contributed by atoms with Crippen molar-refractivity contribution >= 4 is 29.1 Å². The summed E-state index contributed by atoms with van der Waals surface area (Å²) in [5, 5.41) is 11.7. The van der Waals surface area contributed by atoms with Gasteiger partial charge in [-0.2, -0.15) is 0 Å². The van der Waals surface area contributed by atoms with Gasteiger partial charge in [0, 0.05) is 36.8 Å². The van der Waals surface area contributed by atoms with Gasteiger partial charge in [0.2, 0.25) is 0 Å². The maximum atomic E-state index is 13.2. The molecule has 0 aliphatic carbocycles. The van der Waals surface area contributed by atoms with Gasteiger partial charge >= 0.3 is 0 Å².